The second-order valence-electron chi connectivity index (χ2n) is 3.34. The summed E-state index contributed by atoms with van der Waals surface area (Å²) in [6.45, 7) is 3.31. The van der Waals surface area contributed by atoms with Crippen LogP contribution in [0.3, 0.4) is 0 Å². The fourth-order valence-corrected chi connectivity index (χ4v) is 1.09. The third-order valence-corrected chi connectivity index (χ3v) is 1.84. The number of aromatic nitrogens is 2. The summed E-state index contributed by atoms with van der Waals surface area (Å²) in [5.74, 6) is -0.272. The Balaban J connectivity index is 2.36. The van der Waals surface area contributed by atoms with Crippen molar-refractivity contribution < 1.29 is 9.90 Å². The van der Waals surface area contributed by atoms with Crippen molar-refractivity contribution in [3.05, 3.63) is 18.0 Å². The lowest BCUT2D eigenvalue weighted by Gasteiger charge is -2.04. The summed E-state index contributed by atoms with van der Waals surface area (Å²) in [6.07, 6.45) is 4.38. The van der Waals surface area contributed by atoms with Crippen LogP contribution in [0.5, 0.6) is 0 Å². The maximum atomic E-state index is 10.3. The molecule has 1 rings (SSSR count). The van der Waals surface area contributed by atoms with E-state index in [0.717, 1.165) is 18.5 Å². The van der Waals surface area contributed by atoms with E-state index >= 15 is 0 Å². The van der Waals surface area contributed by atoms with Gasteiger partial charge in [0.05, 0.1) is 6.54 Å². The Hall–Kier alpha value is -1.69. The van der Waals surface area contributed by atoms with E-state index in [4.69, 9.17) is 5.11 Å². The van der Waals surface area contributed by atoms with Gasteiger partial charge >= 0.3 is 5.97 Å². The van der Waals surface area contributed by atoms with Crippen molar-refractivity contribution in [2.24, 2.45) is 0 Å². The number of rotatable bonds is 7. The summed E-state index contributed by atoms with van der Waals surface area (Å²) < 4.78 is 0. The lowest BCUT2D eigenvalue weighted by Crippen LogP contribution is -2.22. The molecule has 16 heavy (non-hydrogen) atoms. The SMILES string of the molecule is CCCNc1ncc(CNCC(=O)O)cn1. The molecule has 0 aliphatic heterocycles. The average molecular weight is 224 g/mol. The molecule has 0 saturated heterocycles. The number of hydrogen-bond acceptors (Lipinski definition) is 5. The van der Waals surface area contributed by atoms with E-state index in [2.05, 4.69) is 27.5 Å². The second-order valence-corrected chi connectivity index (χ2v) is 3.34. The average Bonchev–Trinajstić information content (AvgIpc) is 2.27. The molecule has 0 aromatic carbocycles. The normalized spacial score (nSPS) is 10.1. The largest absolute Gasteiger partial charge is 0.480 e. The van der Waals surface area contributed by atoms with Crippen molar-refractivity contribution in [2.45, 2.75) is 19.9 Å². The number of aliphatic carboxylic acids is 1. The van der Waals surface area contributed by atoms with Crippen LogP contribution in [0.15, 0.2) is 12.4 Å². The first-order chi connectivity index (χ1) is 7.72. The molecular weight excluding hydrogens is 208 g/mol. The third-order valence-electron chi connectivity index (χ3n) is 1.84. The summed E-state index contributed by atoms with van der Waals surface area (Å²) in [7, 11) is 0. The topological polar surface area (TPSA) is 87.1 Å². The van der Waals surface area contributed by atoms with E-state index in [-0.39, 0.29) is 6.54 Å². The maximum absolute atomic E-state index is 10.3. The van der Waals surface area contributed by atoms with Crippen molar-refractivity contribution in [3.63, 3.8) is 0 Å². The molecule has 0 atom stereocenters. The number of carboxylic acids is 1. The molecule has 0 spiro atoms. The summed E-state index contributed by atoms with van der Waals surface area (Å²) >= 11 is 0. The third kappa shape index (κ3) is 4.70. The highest BCUT2D eigenvalue weighted by atomic mass is 16.4. The van der Waals surface area contributed by atoms with Gasteiger partial charge in [0.25, 0.3) is 0 Å². The van der Waals surface area contributed by atoms with Crippen LogP contribution in [0, 0.1) is 0 Å². The molecule has 1 aromatic heterocycles. The quantitative estimate of drug-likeness (QED) is 0.624. The molecule has 3 N–H and O–H groups in total. The zero-order valence-corrected chi connectivity index (χ0v) is 9.23. The number of hydrogen-bond donors (Lipinski definition) is 3. The first kappa shape index (κ1) is 12.4. The number of carbonyl (C=O) groups is 1. The van der Waals surface area contributed by atoms with Gasteiger partial charge in [-0.3, -0.25) is 4.79 Å². The molecule has 6 heteroatoms. The van der Waals surface area contributed by atoms with Gasteiger partial charge in [0, 0.05) is 31.0 Å². The summed E-state index contributed by atoms with van der Waals surface area (Å²) in [4.78, 5) is 18.5. The number of nitrogens with one attached hydrogen (secondary N) is 2. The van der Waals surface area contributed by atoms with E-state index in [0.29, 0.717) is 12.5 Å². The van der Waals surface area contributed by atoms with Crippen molar-refractivity contribution in [1.29, 1.82) is 0 Å². The molecule has 0 aliphatic rings. The van der Waals surface area contributed by atoms with Crippen LogP contribution < -0.4 is 10.6 Å². The number of anilines is 1. The fourth-order valence-electron chi connectivity index (χ4n) is 1.09. The summed E-state index contributed by atoms with van der Waals surface area (Å²) in [6, 6.07) is 0. The Morgan fingerprint density at radius 2 is 2.12 bits per heavy atom. The van der Waals surface area contributed by atoms with Gasteiger partial charge in [-0.1, -0.05) is 6.92 Å². The zero-order chi connectivity index (χ0) is 11.8. The van der Waals surface area contributed by atoms with Gasteiger partial charge in [-0.05, 0) is 6.42 Å². The molecule has 0 saturated carbocycles. The van der Waals surface area contributed by atoms with Crippen LogP contribution in [0.1, 0.15) is 18.9 Å². The van der Waals surface area contributed by atoms with Crippen LogP contribution in [-0.4, -0.2) is 34.1 Å². The van der Waals surface area contributed by atoms with Gasteiger partial charge in [-0.2, -0.15) is 0 Å². The minimum absolute atomic E-state index is 0.0597. The van der Waals surface area contributed by atoms with Gasteiger partial charge in [-0.25, -0.2) is 9.97 Å². The van der Waals surface area contributed by atoms with Crippen LogP contribution in [0.4, 0.5) is 5.95 Å². The minimum atomic E-state index is -0.873. The smallest absolute Gasteiger partial charge is 0.317 e. The van der Waals surface area contributed by atoms with E-state index in [1.807, 2.05) is 0 Å². The van der Waals surface area contributed by atoms with E-state index in [1.54, 1.807) is 12.4 Å². The van der Waals surface area contributed by atoms with Crippen LogP contribution >= 0.6 is 0 Å². The first-order valence-electron chi connectivity index (χ1n) is 5.19. The molecule has 6 nitrogen and oxygen atoms in total. The lowest BCUT2D eigenvalue weighted by molar-refractivity contribution is -0.135. The molecule has 0 fully saturated rings. The molecular formula is C10H16N4O2. The molecule has 1 heterocycles. The standard InChI is InChI=1S/C10H16N4O2/c1-2-3-12-10-13-5-8(6-14-10)4-11-7-9(15)16/h5-6,11H,2-4,7H2,1H3,(H,15,16)(H,12,13,14). The van der Waals surface area contributed by atoms with Crippen molar-refractivity contribution >= 4 is 11.9 Å². The molecule has 88 valence electrons. The van der Waals surface area contributed by atoms with Crippen LogP contribution in [0.2, 0.25) is 0 Å². The number of nitrogens with zero attached hydrogens (tertiary/aromatic N) is 2. The van der Waals surface area contributed by atoms with Crippen LogP contribution in [0.25, 0.3) is 0 Å². The lowest BCUT2D eigenvalue weighted by atomic mass is 10.3. The molecule has 0 unspecified atom stereocenters. The van der Waals surface area contributed by atoms with Gasteiger partial charge in [0.1, 0.15) is 0 Å². The Labute approximate surface area is 94.1 Å². The Bertz CT molecular complexity index is 326. The van der Waals surface area contributed by atoms with Gasteiger partial charge in [0.15, 0.2) is 0 Å². The van der Waals surface area contributed by atoms with Crippen molar-refractivity contribution in [2.75, 3.05) is 18.4 Å². The van der Waals surface area contributed by atoms with Gasteiger partial charge < -0.3 is 15.7 Å². The van der Waals surface area contributed by atoms with E-state index in [1.165, 1.54) is 0 Å². The zero-order valence-electron chi connectivity index (χ0n) is 9.23. The van der Waals surface area contributed by atoms with Crippen molar-refractivity contribution in [1.82, 2.24) is 15.3 Å². The summed E-state index contributed by atoms with van der Waals surface area (Å²) in [5.41, 5.74) is 0.864. The fraction of sp³-hybridized carbons (Fsp3) is 0.500. The van der Waals surface area contributed by atoms with E-state index in [9.17, 15) is 4.79 Å². The predicted octanol–water partition coefficient (Wildman–Crippen LogP) is 0.473. The predicted molar refractivity (Wildman–Crippen MR) is 60.2 cm³/mol. The monoisotopic (exact) mass is 224 g/mol. The molecule has 1 aromatic rings. The highest BCUT2D eigenvalue weighted by Crippen LogP contribution is 1.99. The van der Waals surface area contributed by atoms with Gasteiger partial charge in [0.2, 0.25) is 5.95 Å². The second kappa shape index (κ2) is 6.73. The first-order valence-corrected chi connectivity index (χ1v) is 5.19. The highest BCUT2D eigenvalue weighted by molar-refractivity contribution is 5.68. The van der Waals surface area contributed by atoms with E-state index < -0.39 is 5.97 Å². The number of carboxylic acid groups (broad SMARTS) is 1. The van der Waals surface area contributed by atoms with Crippen LogP contribution in [-0.2, 0) is 11.3 Å². The molecule has 0 aliphatic carbocycles. The Kier molecular flexibility index (Phi) is 5.21. The van der Waals surface area contributed by atoms with Gasteiger partial charge in [-0.15, -0.1) is 0 Å². The summed E-state index contributed by atoms with van der Waals surface area (Å²) in [5, 5.41) is 14.3. The minimum Gasteiger partial charge on any atom is -0.480 e. The highest BCUT2D eigenvalue weighted by Gasteiger charge is 1.98. The molecule has 0 amide bonds. The molecule has 0 radical (unpaired) electrons. The Morgan fingerprint density at radius 3 is 2.69 bits per heavy atom. The molecule has 0 bridgehead atoms. The Morgan fingerprint density at radius 1 is 1.44 bits per heavy atom. The maximum Gasteiger partial charge on any atom is 0.317 e. The van der Waals surface area contributed by atoms with Crippen molar-refractivity contribution in [3.8, 4) is 0 Å².